The number of sulfonamides is 1. The largest absolute Gasteiger partial charge is 0.325 e. The molecule has 1 atom stereocenters. The summed E-state index contributed by atoms with van der Waals surface area (Å²) in [4.78, 5) is 11.8. The molecule has 0 aliphatic heterocycles. The third-order valence-corrected chi connectivity index (χ3v) is 4.13. The highest BCUT2D eigenvalue weighted by molar-refractivity contribution is 7.92. The smallest absolute Gasteiger partial charge is 0.241 e. The van der Waals surface area contributed by atoms with Crippen LogP contribution in [0.25, 0.3) is 0 Å². The number of nitrogens with two attached hydrogens (primary N) is 1. The lowest BCUT2D eigenvalue weighted by molar-refractivity contribution is -0.118. The van der Waals surface area contributed by atoms with Crippen LogP contribution < -0.4 is 15.8 Å². The predicted octanol–water partition coefficient (Wildman–Crippen LogP) is 1.37. The first-order valence-corrected chi connectivity index (χ1v) is 8.07. The van der Waals surface area contributed by atoms with E-state index in [0.29, 0.717) is 11.4 Å². The van der Waals surface area contributed by atoms with Crippen molar-refractivity contribution in [2.24, 2.45) is 11.7 Å². The maximum Gasteiger partial charge on any atom is 0.241 e. The van der Waals surface area contributed by atoms with Gasteiger partial charge in [0.25, 0.3) is 0 Å². The van der Waals surface area contributed by atoms with E-state index in [-0.39, 0.29) is 17.6 Å². The topological polar surface area (TPSA) is 101 Å². The van der Waals surface area contributed by atoms with Crippen LogP contribution in [-0.2, 0) is 14.8 Å². The molecule has 0 fully saturated rings. The van der Waals surface area contributed by atoms with Gasteiger partial charge in [0.15, 0.2) is 0 Å². The molecule has 0 aliphatic rings. The summed E-state index contributed by atoms with van der Waals surface area (Å²) in [5.74, 6) is -0.207. The summed E-state index contributed by atoms with van der Waals surface area (Å²) in [5, 5.41) is 2.69. The molecule has 6 nitrogen and oxygen atoms in total. The Labute approximate surface area is 119 Å². The zero-order valence-corrected chi connectivity index (χ0v) is 12.7. The van der Waals surface area contributed by atoms with Gasteiger partial charge in [-0.15, -0.1) is 0 Å². The van der Waals surface area contributed by atoms with Crippen molar-refractivity contribution in [2.75, 3.05) is 15.8 Å². The van der Waals surface area contributed by atoms with Gasteiger partial charge in [0.1, 0.15) is 0 Å². The number of nitrogens with one attached hydrogen (secondary N) is 2. The van der Waals surface area contributed by atoms with Crippen LogP contribution in [-0.4, -0.2) is 26.1 Å². The molecule has 112 valence electrons. The van der Waals surface area contributed by atoms with Gasteiger partial charge < -0.3 is 11.1 Å². The zero-order valence-electron chi connectivity index (χ0n) is 11.9. The number of hydrogen-bond acceptors (Lipinski definition) is 4. The van der Waals surface area contributed by atoms with Crippen LogP contribution in [0.2, 0.25) is 0 Å². The molecular formula is C13H21N3O3S. The minimum atomic E-state index is -3.29. The van der Waals surface area contributed by atoms with Gasteiger partial charge in [-0.25, -0.2) is 8.42 Å². The number of rotatable bonds is 6. The van der Waals surface area contributed by atoms with E-state index in [9.17, 15) is 13.2 Å². The Kier molecular flexibility index (Phi) is 5.52. The van der Waals surface area contributed by atoms with Gasteiger partial charge in [0.2, 0.25) is 15.9 Å². The third-order valence-electron chi connectivity index (χ3n) is 2.83. The molecule has 0 bridgehead atoms. The maximum atomic E-state index is 11.8. The average Bonchev–Trinajstić information content (AvgIpc) is 2.39. The molecule has 1 amide bonds. The Morgan fingerprint density at radius 1 is 1.20 bits per heavy atom. The number of carbonyl (C=O) groups is 1. The van der Waals surface area contributed by atoms with E-state index in [1.807, 2.05) is 13.8 Å². The van der Waals surface area contributed by atoms with Gasteiger partial charge in [-0.3, -0.25) is 9.52 Å². The molecule has 7 heteroatoms. The van der Waals surface area contributed by atoms with Crippen LogP contribution >= 0.6 is 0 Å². The molecule has 0 saturated heterocycles. The van der Waals surface area contributed by atoms with Crippen molar-refractivity contribution in [3.63, 3.8) is 0 Å². The van der Waals surface area contributed by atoms with Crippen LogP contribution in [0.5, 0.6) is 0 Å². The first-order chi connectivity index (χ1) is 9.25. The lowest BCUT2D eigenvalue weighted by atomic mass is 10.0. The van der Waals surface area contributed by atoms with Crippen molar-refractivity contribution in [3.05, 3.63) is 24.3 Å². The second kappa shape index (κ2) is 6.71. The monoisotopic (exact) mass is 299 g/mol. The van der Waals surface area contributed by atoms with E-state index in [0.717, 1.165) is 0 Å². The molecule has 1 aromatic rings. The lowest BCUT2D eigenvalue weighted by Gasteiger charge is -2.15. The molecule has 1 rings (SSSR count). The van der Waals surface area contributed by atoms with Crippen molar-refractivity contribution in [3.8, 4) is 0 Å². The SMILES string of the molecule is CCS(=O)(=O)Nc1ccc(NC(=O)[C@H](N)C(C)C)cc1. The fourth-order valence-electron chi connectivity index (χ4n) is 1.40. The van der Waals surface area contributed by atoms with Crippen molar-refractivity contribution in [2.45, 2.75) is 26.8 Å². The van der Waals surface area contributed by atoms with Crippen LogP contribution in [0.3, 0.4) is 0 Å². The Morgan fingerprint density at radius 2 is 1.70 bits per heavy atom. The highest BCUT2D eigenvalue weighted by Crippen LogP contribution is 2.15. The molecule has 1 aromatic carbocycles. The van der Waals surface area contributed by atoms with Crippen LogP contribution in [0.1, 0.15) is 20.8 Å². The zero-order chi connectivity index (χ0) is 15.3. The van der Waals surface area contributed by atoms with Gasteiger partial charge >= 0.3 is 0 Å². The summed E-state index contributed by atoms with van der Waals surface area (Å²) in [5.41, 5.74) is 6.77. The maximum absolute atomic E-state index is 11.8. The molecule has 20 heavy (non-hydrogen) atoms. The number of amides is 1. The highest BCUT2D eigenvalue weighted by atomic mass is 32.2. The standard InChI is InChI=1S/C13H21N3O3S/c1-4-20(18,19)16-11-7-5-10(6-8-11)15-13(17)12(14)9(2)3/h5-9,12,16H,4,14H2,1-3H3,(H,15,17)/t12-/m1/s1. The van der Waals surface area contributed by atoms with E-state index >= 15 is 0 Å². The quantitative estimate of drug-likeness (QED) is 0.738. The van der Waals surface area contributed by atoms with Crippen molar-refractivity contribution < 1.29 is 13.2 Å². The Bertz CT molecular complexity index is 553. The lowest BCUT2D eigenvalue weighted by Crippen LogP contribution is -2.39. The van der Waals surface area contributed by atoms with Crippen molar-refractivity contribution in [1.29, 1.82) is 0 Å². The summed E-state index contributed by atoms with van der Waals surface area (Å²) in [6, 6.07) is 5.85. The molecule has 4 N–H and O–H groups in total. The van der Waals surface area contributed by atoms with Crippen LogP contribution in [0.4, 0.5) is 11.4 Å². The number of hydrogen-bond donors (Lipinski definition) is 3. The van der Waals surface area contributed by atoms with Crippen LogP contribution in [0, 0.1) is 5.92 Å². The second-order valence-corrected chi connectivity index (χ2v) is 6.85. The van der Waals surface area contributed by atoms with Crippen LogP contribution in [0.15, 0.2) is 24.3 Å². The van der Waals surface area contributed by atoms with Gasteiger partial charge in [-0.05, 0) is 37.1 Å². The third kappa shape index (κ3) is 4.82. The Hall–Kier alpha value is -1.60. The van der Waals surface area contributed by atoms with E-state index in [4.69, 9.17) is 5.73 Å². The van der Waals surface area contributed by atoms with Gasteiger partial charge in [0, 0.05) is 11.4 Å². The summed E-state index contributed by atoms with van der Waals surface area (Å²) < 4.78 is 25.2. The van der Waals surface area contributed by atoms with Gasteiger partial charge in [-0.1, -0.05) is 13.8 Å². The summed E-state index contributed by atoms with van der Waals surface area (Å²) in [6.45, 7) is 5.30. The predicted molar refractivity (Wildman–Crippen MR) is 81.0 cm³/mol. The molecule has 0 aromatic heterocycles. The molecule has 0 aliphatic carbocycles. The minimum Gasteiger partial charge on any atom is -0.325 e. The normalized spacial score (nSPS) is 13.1. The first-order valence-electron chi connectivity index (χ1n) is 6.42. The van der Waals surface area contributed by atoms with E-state index in [2.05, 4.69) is 10.0 Å². The molecule has 0 heterocycles. The first kappa shape index (κ1) is 16.5. The second-order valence-electron chi connectivity index (χ2n) is 4.84. The summed E-state index contributed by atoms with van der Waals surface area (Å²) in [6.07, 6.45) is 0. The summed E-state index contributed by atoms with van der Waals surface area (Å²) >= 11 is 0. The van der Waals surface area contributed by atoms with Gasteiger partial charge in [-0.2, -0.15) is 0 Å². The van der Waals surface area contributed by atoms with Crippen molar-refractivity contribution >= 4 is 27.3 Å². The Balaban J connectivity index is 2.70. The van der Waals surface area contributed by atoms with Gasteiger partial charge in [0.05, 0.1) is 11.8 Å². The fourth-order valence-corrected chi connectivity index (χ4v) is 2.04. The number of anilines is 2. The average molecular weight is 299 g/mol. The van der Waals surface area contributed by atoms with Crippen molar-refractivity contribution in [1.82, 2.24) is 0 Å². The minimum absolute atomic E-state index is 0.00866. The van der Waals surface area contributed by atoms with E-state index in [1.165, 1.54) is 0 Å². The molecular weight excluding hydrogens is 278 g/mol. The molecule has 0 spiro atoms. The fraction of sp³-hybridized carbons (Fsp3) is 0.462. The number of carbonyl (C=O) groups excluding carboxylic acids is 1. The Morgan fingerprint density at radius 3 is 2.15 bits per heavy atom. The highest BCUT2D eigenvalue weighted by Gasteiger charge is 2.17. The number of benzene rings is 1. The van der Waals surface area contributed by atoms with E-state index in [1.54, 1.807) is 31.2 Å². The molecule has 0 radical (unpaired) electrons. The van der Waals surface area contributed by atoms with E-state index < -0.39 is 16.1 Å². The molecule has 0 unspecified atom stereocenters. The molecule has 0 saturated carbocycles. The summed E-state index contributed by atoms with van der Waals surface area (Å²) in [7, 11) is -3.29.